The fourth-order valence-corrected chi connectivity index (χ4v) is 4.98. The zero-order valence-electron chi connectivity index (χ0n) is 25.7. The molecule has 0 aliphatic rings. The van der Waals surface area contributed by atoms with Gasteiger partial charge in [-0.15, -0.1) is 0 Å². The number of hydrogen-bond donors (Lipinski definition) is 2. The smallest absolute Gasteiger partial charge is 0.329 e. The number of ether oxygens (including phenoxy) is 1. The van der Waals surface area contributed by atoms with E-state index in [1.54, 1.807) is 0 Å². The van der Waals surface area contributed by atoms with E-state index in [-0.39, 0.29) is 12.5 Å². The molecular formula is C33H63NO5. The number of hydrogen-bond acceptors (Lipinski definition) is 4. The Balaban J connectivity index is 3.81. The minimum absolute atomic E-state index is 0.268. The lowest BCUT2D eigenvalue weighted by molar-refractivity contribution is -0.151. The number of rotatable bonds is 30. The maximum atomic E-state index is 12.4. The van der Waals surface area contributed by atoms with E-state index < -0.39 is 24.4 Å². The molecule has 0 aromatic heterocycles. The lowest BCUT2D eigenvalue weighted by Gasteiger charge is -2.16. The third kappa shape index (κ3) is 27.8. The first-order valence-electron chi connectivity index (χ1n) is 16.7. The maximum Gasteiger partial charge on any atom is 0.329 e. The molecule has 1 atom stereocenters. The third-order valence-corrected chi connectivity index (χ3v) is 7.50. The van der Waals surface area contributed by atoms with Gasteiger partial charge in [0.25, 0.3) is 0 Å². The molecule has 0 aromatic carbocycles. The second kappa shape index (κ2) is 29.4. The van der Waals surface area contributed by atoms with Crippen molar-refractivity contribution in [3.8, 4) is 0 Å². The highest BCUT2D eigenvalue weighted by Crippen LogP contribution is 2.14. The monoisotopic (exact) mass is 553 g/mol. The molecule has 6 heteroatoms. The topological polar surface area (TPSA) is 92.7 Å². The van der Waals surface area contributed by atoms with Gasteiger partial charge in [-0.2, -0.15) is 0 Å². The van der Waals surface area contributed by atoms with Crippen LogP contribution >= 0.6 is 0 Å². The zero-order valence-corrected chi connectivity index (χ0v) is 25.7. The first kappa shape index (κ1) is 37.4. The molecule has 0 aromatic rings. The van der Waals surface area contributed by atoms with Gasteiger partial charge in [0.05, 0.1) is 13.0 Å². The molecule has 39 heavy (non-hydrogen) atoms. The van der Waals surface area contributed by atoms with Crippen molar-refractivity contribution in [2.75, 3.05) is 6.61 Å². The van der Waals surface area contributed by atoms with E-state index in [2.05, 4.69) is 19.2 Å². The van der Waals surface area contributed by atoms with Gasteiger partial charge < -0.3 is 15.2 Å². The fourth-order valence-electron chi connectivity index (χ4n) is 4.98. The first-order chi connectivity index (χ1) is 19.0. The van der Waals surface area contributed by atoms with E-state index in [4.69, 9.17) is 9.84 Å². The van der Waals surface area contributed by atoms with Crippen molar-refractivity contribution >= 4 is 17.8 Å². The molecule has 0 radical (unpaired) electrons. The Hall–Kier alpha value is -1.59. The highest BCUT2D eigenvalue weighted by molar-refractivity contribution is 5.87. The Bertz CT molecular complexity index is 580. The van der Waals surface area contributed by atoms with Crippen LogP contribution in [-0.2, 0) is 19.1 Å². The normalized spacial score (nSPS) is 11.8. The minimum Gasteiger partial charge on any atom is -0.481 e. The molecule has 0 unspecified atom stereocenters. The van der Waals surface area contributed by atoms with Gasteiger partial charge in [-0.05, 0) is 12.8 Å². The van der Waals surface area contributed by atoms with Gasteiger partial charge in [0, 0.05) is 6.42 Å². The van der Waals surface area contributed by atoms with Crippen LogP contribution in [0.4, 0.5) is 0 Å². The summed E-state index contributed by atoms with van der Waals surface area (Å²) < 4.78 is 5.29. The predicted octanol–water partition coefficient (Wildman–Crippen LogP) is 9.28. The van der Waals surface area contributed by atoms with Crippen molar-refractivity contribution in [3.05, 3.63) is 0 Å². The van der Waals surface area contributed by atoms with Gasteiger partial charge in [-0.1, -0.05) is 155 Å². The zero-order chi connectivity index (χ0) is 28.8. The van der Waals surface area contributed by atoms with Gasteiger partial charge in [0.15, 0.2) is 0 Å². The summed E-state index contributed by atoms with van der Waals surface area (Å²) in [5, 5.41) is 11.7. The van der Waals surface area contributed by atoms with Crippen LogP contribution in [0.15, 0.2) is 0 Å². The lowest BCUT2D eigenvalue weighted by Crippen LogP contribution is -2.43. The Morgan fingerprint density at radius 2 is 0.923 bits per heavy atom. The third-order valence-electron chi connectivity index (χ3n) is 7.50. The summed E-state index contributed by atoms with van der Waals surface area (Å²) in [4.78, 5) is 35.9. The van der Waals surface area contributed by atoms with Crippen LogP contribution in [-0.4, -0.2) is 35.6 Å². The van der Waals surface area contributed by atoms with Crippen molar-refractivity contribution < 1.29 is 24.2 Å². The summed E-state index contributed by atoms with van der Waals surface area (Å²) in [6.07, 6.45) is 29.3. The van der Waals surface area contributed by atoms with Crippen LogP contribution in [0.25, 0.3) is 0 Å². The quantitative estimate of drug-likeness (QED) is 0.0683. The molecule has 0 fully saturated rings. The maximum absolute atomic E-state index is 12.4. The predicted molar refractivity (Wildman–Crippen MR) is 162 cm³/mol. The van der Waals surface area contributed by atoms with Gasteiger partial charge >= 0.3 is 11.9 Å². The molecule has 2 N–H and O–H groups in total. The number of carboxylic acid groups (broad SMARTS) is 1. The summed E-state index contributed by atoms with van der Waals surface area (Å²) >= 11 is 0. The van der Waals surface area contributed by atoms with Crippen molar-refractivity contribution in [2.24, 2.45) is 0 Å². The fraction of sp³-hybridized carbons (Fsp3) is 0.909. The van der Waals surface area contributed by atoms with Crippen LogP contribution in [0, 0.1) is 0 Å². The molecule has 0 saturated carbocycles. The molecule has 6 nitrogen and oxygen atoms in total. The highest BCUT2D eigenvalue weighted by atomic mass is 16.5. The van der Waals surface area contributed by atoms with Crippen LogP contribution in [0.1, 0.15) is 181 Å². The summed E-state index contributed by atoms with van der Waals surface area (Å²) in [7, 11) is 0. The van der Waals surface area contributed by atoms with E-state index in [0.717, 1.165) is 38.5 Å². The molecule has 0 bridgehead atoms. The van der Waals surface area contributed by atoms with E-state index >= 15 is 0 Å². The van der Waals surface area contributed by atoms with Crippen LogP contribution in [0.3, 0.4) is 0 Å². The van der Waals surface area contributed by atoms with Crippen molar-refractivity contribution in [1.29, 1.82) is 0 Å². The van der Waals surface area contributed by atoms with Crippen LogP contribution in [0.2, 0.25) is 0 Å². The number of carbonyl (C=O) groups is 3. The highest BCUT2D eigenvalue weighted by Gasteiger charge is 2.24. The molecule has 0 aliphatic carbocycles. The number of unbranched alkanes of at least 4 members (excludes halogenated alkanes) is 22. The standard InChI is InChI=1S/C33H63NO5/c1-3-5-7-9-11-13-15-16-17-19-21-23-25-27-31(35)34-30(29-32(36)37)33(38)39-28-26-24-22-20-18-14-12-10-8-6-4-2/h30H,3-29H2,1-2H3,(H,34,35)(H,36,37)/t30-/m0/s1. The minimum atomic E-state index is -1.12. The second-order valence-electron chi connectivity index (χ2n) is 11.4. The van der Waals surface area contributed by atoms with E-state index in [1.165, 1.54) is 116 Å². The number of aliphatic carboxylic acids is 1. The molecule has 230 valence electrons. The van der Waals surface area contributed by atoms with Crippen molar-refractivity contribution in [3.63, 3.8) is 0 Å². The van der Waals surface area contributed by atoms with Gasteiger partial charge in [-0.3, -0.25) is 9.59 Å². The first-order valence-corrected chi connectivity index (χ1v) is 16.7. The largest absolute Gasteiger partial charge is 0.481 e. The van der Waals surface area contributed by atoms with Crippen molar-refractivity contribution in [1.82, 2.24) is 5.32 Å². The summed E-state index contributed by atoms with van der Waals surface area (Å²) in [5.41, 5.74) is 0. The molecule has 0 saturated heterocycles. The number of nitrogens with one attached hydrogen (secondary N) is 1. The van der Waals surface area contributed by atoms with Crippen molar-refractivity contribution in [2.45, 2.75) is 187 Å². The van der Waals surface area contributed by atoms with Crippen LogP contribution in [0.5, 0.6) is 0 Å². The second-order valence-corrected chi connectivity index (χ2v) is 11.4. The lowest BCUT2D eigenvalue weighted by atomic mass is 10.0. The van der Waals surface area contributed by atoms with Crippen LogP contribution < -0.4 is 5.32 Å². The average molecular weight is 554 g/mol. The molecular weight excluding hydrogens is 490 g/mol. The average Bonchev–Trinajstić information content (AvgIpc) is 2.91. The summed E-state index contributed by atoms with van der Waals surface area (Å²) in [6, 6.07) is -1.11. The Kier molecular flexibility index (Phi) is 28.2. The molecule has 0 heterocycles. The van der Waals surface area contributed by atoms with Gasteiger partial charge in [0.1, 0.15) is 6.04 Å². The Labute approximate surface area is 240 Å². The van der Waals surface area contributed by atoms with E-state index in [1.807, 2.05) is 0 Å². The molecule has 1 amide bonds. The molecule has 0 rings (SSSR count). The van der Waals surface area contributed by atoms with E-state index in [9.17, 15) is 14.4 Å². The SMILES string of the molecule is CCCCCCCCCCCCCCCC(=O)N[C@@H](CC(=O)O)C(=O)OCCCCCCCCCCCCC. The molecule has 0 aliphatic heterocycles. The molecule has 0 spiro atoms. The Morgan fingerprint density at radius 3 is 1.31 bits per heavy atom. The Morgan fingerprint density at radius 1 is 0.564 bits per heavy atom. The number of esters is 1. The number of carboxylic acids is 1. The summed E-state index contributed by atoms with van der Waals surface area (Å²) in [6.45, 7) is 4.77. The number of carbonyl (C=O) groups excluding carboxylic acids is 2. The number of amides is 1. The summed E-state index contributed by atoms with van der Waals surface area (Å²) in [5.74, 6) is -2.02. The van der Waals surface area contributed by atoms with Gasteiger partial charge in [-0.25, -0.2) is 4.79 Å². The van der Waals surface area contributed by atoms with E-state index in [0.29, 0.717) is 6.42 Å². The van der Waals surface area contributed by atoms with Gasteiger partial charge in [0.2, 0.25) is 5.91 Å².